The fourth-order valence-corrected chi connectivity index (χ4v) is 4.72. The van der Waals surface area contributed by atoms with Crippen molar-refractivity contribution in [3.8, 4) is 0 Å². The molecule has 0 atom stereocenters. The average molecular weight is 414 g/mol. The summed E-state index contributed by atoms with van der Waals surface area (Å²) in [5.41, 5.74) is 2.69. The third-order valence-electron chi connectivity index (χ3n) is 5.31. The van der Waals surface area contributed by atoms with Crippen molar-refractivity contribution < 1.29 is 0 Å². The van der Waals surface area contributed by atoms with Crippen molar-refractivity contribution >= 4 is 23.6 Å². The van der Waals surface area contributed by atoms with Crippen LogP contribution in [0.3, 0.4) is 0 Å². The molecule has 0 N–H and O–H groups in total. The van der Waals surface area contributed by atoms with Gasteiger partial charge in [0.1, 0.15) is 5.82 Å². The van der Waals surface area contributed by atoms with Gasteiger partial charge in [-0.25, -0.2) is 4.68 Å². The molecule has 0 amide bonds. The fourth-order valence-electron chi connectivity index (χ4n) is 3.72. The molecule has 1 saturated heterocycles. The van der Waals surface area contributed by atoms with Gasteiger partial charge in [0, 0.05) is 45.7 Å². The third-order valence-corrected chi connectivity index (χ3v) is 6.47. The number of nitrogens with zero attached hydrogens (tertiary/aromatic N) is 5. The van der Waals surface area contributed by atoms with Gasteiger partial charge in [-0.1, -0.05) is 30.3 Å². The van der Waals surface area contributed by atoms with Crippen LogP contribution in [0.25, 0.3) is 0 Å². The lowest BCUT2D eigenvalue weighted by Gasteiger charge is -2.34. The van der Waals surface area contributed by atoms with Crippen LogP contribution in [0, 0.1) is 4.77 Å². The molecule has 148 valence electrons. The first-order chi connectivity index (χ1) is 13.7. The summed E-state index contributed by atoms with van der Waals surface area (Å²) in [6, 6.07) is 12.7. The smallest absolute Gasteiger partial charge is 0.199 e. The molecule has 5 nitrogen and oxygen atoms in total. The van der Waals surface area contributed by atoms with Crippen LogP contribution in [-0.4, -0.2) is 50.3 Å². The van der Waals surface area contributed by atoms with Crippen LogP contribution in [-0.2, 0) is 26.2 Å². The number of aromatic nitrogens is 3. The Hall–Kier alpha value is -1.80. The van der Waals surface area contributed by atoms with Gasteiger partial charge >= 0.3 is 0 Å². The predicted molar refractivity (Wildman–Crippen MR) is 117 cm³/mol. The van der Waals surface area contributed by atoms with E-state index in [0.29, 0.717) is 0 Å². The minimum absolute atomic E-state index is 0.778. The van der Waals surface area contributed by atoms with Gasteiger partial charge in [-0.05, 0) is 47.1 Å². The molecule has 28 heavy (non-hydrogen) atoms. The Morgan fingerprint density at radius 1 is 1.00 bits per heavy atom. The zero-order valence-electron chi connectivity index (χ0n) is 16.3. The first-order valence-corrected chi connectivity index (χ1v) is 11.2. The molecule has 0 unspecified atom stereocenters. The van der Waals surface area contributed by atoms with Gasteiger partial charge in [0.2, 0.25) is 0 Å². The van der Waals surface area contributed by atoms with Gasteiger partial charge in [-0.15, -0.1) is 0 Å². The molecule has 4 rings (SSSR count). The maximum Gasteiger partial charge on any atom is 0.199 e. The highest BCUT2D eigenvalue weighted by Crippen LogP contribution is 2.13. The van der Waals surface area contributed by atoms with Crippen LogP contribution in [0.15, 0.2) is 47.2 Å². The molecule has 0 bridgehead atoms. The molecule has 2 aromatic heterocycles. The quantitative estimate of drug-likeness (QED) is 0.550. The number of benzene rings is 1. The predicted octanol–water partition coefficient (Wildman–Crippen LogP) is 3.86. The maximum atomic E-state index is 5.72. The summed E-state index contributed by atoms with van der Waals surface area (Å²) >= 11 is 7.50. The lowest BCUT2D eigenvalue weighted by Crippen LogP contribution is -2.46. The fraction of sp³-hybridized carbons (Fsp3) is 0.429. The molecule has 1 aliphatic rings. The molecule has 1 aromatic carbocycles. The summed E-state index contributed by atoms with van der Waals surface area (Å²) in [4.78, 5) is 4.99. The molecule has 1 fully saturated rings. The molecule has 7 heteroatoms. The lowest BCUT2D eigenvalue weighted by molar-refractivity contribution is 0.0980. The zero-order chi connectivity index (χ0) is 19.3. The standard InChI is InChI=1S/C21H27N5S2/c1-2-25-20(14-18-6-4-3-5-7-18)22-26(21(25)27)17-24-11-9-23(10-12-24)15-19-8-13-28-16-19/h3-8,13,16H,2,9-12,14-15,17H2,1H3. The van der Waals surface area contributed by atoms with Gasteiger partial charge in [-0.2, -0.15) is 16.4 Å². The topological polar surface area (TPSA) is 29.2 Å². The summed E-state index contributed by atoms with van der Waals surface area (Å²) in [6.07, 6.45) is 0.819. The normalized spacial score (nSPS) is 15.9. The van der Waals surface area contributed by atoms with E-state index in [2.05, 4.69) is 62.4 Å². The van der Waals surface area contributed by atoms with Crippen molar-refractivity contribution in [1.82, 2.24) is 24.1 Å². The first-order valence-electron chi connectivity index (χ1n) is 9.89. The van der Waals surface area contributed by atoms with E-state index in [1.165, 1.54) is 11.1 Å². The Morgan fingerprint density at radius 2 is 1.75 bits per heavy atom. The van der Waals surface area contributed by atoms with Gasteiger partial charge in [-0.3, -0.25) is 9.80 Å². The largest absolute Gasteiger partial charge is 0.304 e. The van der Waals surface area contributed by atoms with E-state index in [1.807, 2.05) is 10.7 Å². The molecular formula is C21H27N5S2. The molecule has 0 radical (unpaired) electrons. The minimum Gasteiger partial charge on any atom is -0.304 e. The van der Waals surface area contributed by atoms with Crippen LogP contribution in [0.5, 0.6) is 0 Å². The zero-order valence-corrected chi connectivity index (χ0v) is 18.0. The van der Waals surface area contributed by atoms with E-state index >= 15 is 0 Å². The van der Waals surface area contributed by atoms with Crippen molar-refractivity contribution in [3.63, 3.8) is 0 Å². The highest BCUT2D eigenvalue weighted by Gasteiger charge is 2.19. The van der Waals surface area contributed by atoms with Crippen molar-refractivity contribution in [2.24, 2.45) is 0 Å². The minimum atomic E-state index is 0.778. The second-order valence-corrected chi connectivity index (χ2v) is 8.42. The highest BCUT2D eigenvalue weighted by atomic mass is 32.1. The molecule has 3 heterocycles. The molecule has 0 spiro atoms. The van der Waals surface area contributed by atoms with Crippen LogP contribution in [0.4, 0.5) is 0 Å². The third kappa shape index (κ3) is 4.60. The summed E-state index contributed by atoms with van der Waals surface area (Å²) < 4.78 is 5.00. The van der Waals surface area contributed by atoms with E-state index in [4.69, 9.17) is 17.3 Å². The molecular weight excluding hydrogens is 386 g/mol. The van der Waals surface area contributed by atoms with E-state index in [9.17, 15) is 0 Å². The highest BCUT2D eigenvalue weighted by molar-refractivity contribution is 7.71. The first kappa shape index (κ1) is 19.5. The summed E-state index contributed by atoms with van der Waals surface area (Å²) in [7, 11) is 0. The number of hydrogen-bond acceptors (Lipinski definition) is 5. The Bertz CT molecular complexity index is 922. The van der Waals surface area contributed by atoms with Crippen LogP contribution < -0.4 is 0 Å². The Morgan fingerprint density at radius 3 is 2.43 bits per heavy atom. The molecule has 1 aliphatic heterocycles. The Labute approximate surface area is 175 Å². The number of hydrogen-bond donors (Lipinski definition) is 0. The van der Waals surface area contributed by atoms with Gasteiger partial charge in [0.05, 0.1) is 6.67 Å². The van der Waals surface area contributed by atoms with Crippen LogP contribution in [0.2, 0.25) is 0 Å². The van der Waals surface area contributed by atoms with Gasteiger partial charge in [0.15, 0.2) is 4.77 Å². The monoisotopic (exact) mass is 413 g/mol. The molecule has 3 aromatic rings. The SMILES string of the molecule is CCn1c(Cc2ccccc2)nn(CN2CCN(Cc3ccsc3)CC2)c1=S. The number of rotatable bonds is 7. The number of thiophene rings is 1. The lowest BCUT2D eigenvalue weighted by atomic mass is 10.1. The maximum absolute atomic E-state index is 5.72. The van der Waals surface area contributed by atoms with Crippen LogP contribution >= 0.6 is 23.6 Å². The van der Waals surface area contributed by atoms with Crippen molar-refractivity contribution in [3.05, 3.63) is 68.9 Å². The summed E-state index contributed by atoms with van der Waals surface area (Å²) in [6.45, 7) is 9.12. The van der Waals surface area contributed by atoms with Crippen molar-refractivity contribution in [1.29, 1.82) is 0 Å². The molecule has 0 aliphatic carbocycles. The van der Waals surface area contributed by atoms with Gasteiger partial charge < -0.3 is 4.57 Å². The molecule has 0 saturated carbocycles. The Balaban J connectivity index is 1.39. The Kier molecular flexibility index (Phi) is 6.36. The summed E-state index contributed by atoms with van der Waals surface area (Å²) in [5.74, 6) is 1.05. The van der Waals surface area contributed by atoms with E-state index in [-0.39, 0.29) is 0 Å². The average Bonchev–Trinajstić information content (AvgIpc) is 3.32. The van der Waals surface area contributed by atoms with Gasteiger partial charge in [0.25, 0.3) is 0 Å². The van der Waals surface area contributed by atoms with E-state index in [1.54, 1.807) is 11.3 Å². The van der Waals surface area contributed by atoms with Crippen LogP contribution in [0.1, 0.15) is 23.9 Å². The second-order valence-electron chi connectivity index (χ2n) is 7.27. The van der Waals surface area contributed by atoms with Crippen molar-refractivity contribution in [2.45, 2.75) is 33.1 Å². The van der Waals surface area contributed by atoms with E-state index < -0.39 is 0 Å². The number of piperazine rings is 1. The van der Waals surface area contributed by atoms with E-state index in [0.717, 1.165) is 63.0 Å². The summed E-state index contributed by atoms with van der Waals surface area (Å²) in [5, 5.41) is 9.28. The second kappa shape index (κ2) is 9.13. The van der Waals surface area contributed by atoms with Crippen molar-refractivity contribution in [2.75, 3.05) is 26.2 Å².